The molecule has 2 rings (SSSR count). The van der Waals surface area contributed by atoms with Crippen LogP contribution in [0, 0.1) is 6.92 Å². The number of nitrogens with one attached hydrogen (secondary N) is 2. The highest BCUT2D eigenvalue weighted by Crippen LogP contribution is 2.22. The molecule has 0 bridgehead atoms. The van der Waals surface area contributed by atoms with Crippen molar-refractivity contribution in [1.82, 2.24) is 4.98 Å². The molecule has 0 radical (unpaired) electrons. The van der Waals surface area contributed by atoms with Crippen LogP contribution in [0.2, 0.25) is 0 Å². The number of rotatable bonds is 4. The molecule has 1 aromatic heterocycles. The number of anilines is 2. The lowest BCUT2D eigenvalue weighted by Gasteiger charge is -2.17. The Balaban J connectivity index is 2.09. The number of hydrogen-bond acceptors (Lipinski definition) is 2. The molecule has 1 aromatic carbocycles. The Labute approximate surface area is 102 Å². The molecule has 0 spiro atoms. The second kappa shape index (κ2) is 4.95. The number of aromatic amines is 1. The molecule has 17 heavy (non-hydrogen) atoms. The minimum absolute atomic E-state index is 0.822. The van der Waals surface area contributed by atoms with Gasteiger partial charge in [-0.2, -0.15) is 0 Å². The van der Waals surface area contributed by atoms with Crippen molar-refractivity contribution in [1.29, 1.82) is 0 Å². The summed E-state index contributed by atoms with van der Waals surface area (Å²) in [6.07, 6.45) is 1.94. The highest BCUT2D eigenvalue weighted by molar-refractivity contribution is 5.61. The fourth-order valence-corrected chi connectivity index (χ4v) is 1.88. The lowest BCUT2D eigenvalue weighted by molar-refractivity contribution is 1.07. The van der Waals surface area contributed by atoms with Crippen LogP contribution in [0.15, 0.2) is 36.5 Å². The summed E-state index contributed by atoms with van der Waals surface area (Å²) >= 11 is 0. The number of nitrogens with zero attached hydrogens (tertiary/aromatic N) is 1. The van der Waals surface area contributed by atoms with Crippen molar-refractivity contribution in [3.8, 4) is 0 Å². The fraction of sp³-hybridized carbons (Fsp3) is 0.286. The van der Waals surface area contributed by atoms with Crippen LogP contribution >= 0.6 is 0 Å². The number of aromatic nitrogens is 1. The minimum Gasteiger partial charge on any atom is -0.379 e. The van der Waals surface area contributed by atoms with Crippen molar-refractivity contribution in [2.45, 2.75) is 13.5 Å². The second-order valence-corrected chi connectivity index (χ2v) is 4.44. The number of hydrogen-bond donors (Lipinski definition) is 2. The molecule has 2 N–H and O–H groups in total. The molecular weight excluding hydrogens is 210 g/mol. The second-order valence-electron chi connectivity index (χ2n) is 4.44. The van der Waals surface area contributed by atoms with E-state index in [9.17, 15) is 0 Å². The molecule has 3 heteroatoms. The Bertz CT molecular complexity index is 472. The van der Waals surface area contributed by atoms with Crippen molar-refractivity contribution < 1.29 is 0 Å². The lowest BCUT2D eigenvalue weighted by Crippen LogP contribution is -2.11. The van der Waals surface area contributed by atoms with Gasteiger partial charge in [0.1, 0.15) is 0 Å². The molecule has 0 atom stereocenters. The van der Waals surface area contributed by atoms with Crippen LogP contribution in [0.3, 0.4) is 0 Å². The van der Waals surface area contributed by atoms with Gasteiger partial charge >= 0.3 is 0 Å². The van der Waals surface area contributed by atoms with Gasteiger partial charge in [0.25, 0.3) is 0 Å². The van der Waals surface area contributed by atoms with E-state index in [-0.39, 0.29) is 0 Å². The van der Waals surface area contributed by atoms with E-state index in [2.05, 4.69) is 60.5 Å². The van der Waals surface area contributed by atoms with E-state index < -0.39 is 0 Å². The minimum atomic E-state index is 0.822. The lowest BCUT2D eigenvalue weighted by atomic mass is 10.1. The predicted molar refractivity (Wildman–Crippen MR) is 73.6 cm³/mol. The molecule has 90 valence electrons. The first-order valence-corrected chi connectivity index (χ1v) is 5.81. The molecule has 0 aliphatic heterocycles. The normalized spacial score (nSPS) is 10.3. The molecule has 1 heterocycles. The molecule has 3 nitrogen and oxygen atoms in total. The van der Waals surface area contributed by atoms with Crippen molar-refractivity contribution in [3.63, 3.8) is 0 Å². The Kier molecular flexibility index (Phi) is 3.38. The first kappa shape index (κ1) is 11.6. The van der Waals surface area contributed by atoms with Gasteiger partial charge < -0.3 is 15.2 Å². The molecule has 2 aromatic rings. The molecule has 0 amide bonds. The van der Waals surface area contributed by atoms with Crippen LogP contribution in [0.5, 0.6) is 0 Å². The van der Waals surface area contributed by atoms with E-state index in [0.29, 0.717) is 0 Å². The summed E-state index contributed by atoms with van der Waals surface area (Å²) in [7, 11) is 4.13. The third kappa shape index (κ3) is 2.81. The van der Waals surface area contributed by atoms with E-state index >= 15 is 0 Å². The van der Waals surface area contributed by atoms with Crippen molar-refractivity contribution in [2.24, 2.45) is 0 Å². The van der Waals surface area contributed by atoms with Crippen molar-refractivity contribution >= 4 is 11.4 Å². The van der Waals surface area contributed by atoms with Gasteiger partial charge in [-0.25, -0.2) is 0 Å². The van der Waals surface area contributed by atoms with E-state index in [1.807, 2.05) is 12.3 Å². The van der Waals surface area contributed by atoms with Crippen LogP contribution in [0.1, 0.15) is 11.3 Å². The molecular formula is C14H19N3. The molecule has 0 saturated carbocycles. The van der Waals surface area contributed by atoms with Gasteiger partial charge in [0, 0.05) is 37.4 Å². The Morgan fingerprint density at radius 1 is 1.24 bits per heavy atom. The zero-order valence-electron chi connectivity index (χ0n) is 10.6. The van der Waals surface area contributed by atoms with Gasteiger partial charge in [0.2, 0.25) is 0 Å². The first-order valence-electron chi connectivity index (χ1n) is 5.81. The van der Waals surface area contributed by atoms with Crippen LogP contribution in [-0.4, -0.2) is 19.1 Å². The zero-order chi connectivity index (χ0) is 12.3. The van der Waals surface area contributed by atoms with E-state index in [4.69, 9.17) is 0 Å². The quantitative estimate of drug-likeness (QED) is 0.844. The van der Waals surface area contributed by atoms with E-state index in [1.54, 1.807) is 0 Å². The molecule has 0 saturated heterocycles. The summed E-state index contributed by atoms with van der Waals surface area (Å²) in [5.41, 5.74) is 4.88. The Morgan fingerprint density at radius 3 is 2.71 bits per heavy atom. The zero-order valence-corrected chi connectivity index (χ0v) is 10.6. The number of aryl methyl sites for hydroxylation is 1. The maximum atomic E-state index is 3.41. The maximum absolute atomic E-state index is 3.41. The van der Waals surface area contributed by atoms with Crippen LogP contribution < -0.4 is 10.2 Å². The van der Waals surface area contributed by atoms with Gasteiger partial charge in [0.15, 0.2) is 0 Å². The summed E-state index contributed by atoms with van der Waals surface area (Å²) in [5, 5.41) is 3.41. The van der Waals surface area contributed by atoms with Crippen LogP contribution in [-0.2, 0) is 6.54 Å². The summed E-state index contributed by atoms with van der Waals surface area (Å²) < 4.78 is 0. The number of benzene rings is 1. The third-order valence-electron chi connectivity index (χ3n) is 2.84. The number of H-pyrrole nitrogens is 1. The van der Waals surface area contributed by atoms with Crippen molar-refractivity contribution in [3.05, 3.63) is 47.8 Å². The maximum Gasteiger partial charge on any atom is 0.0551 e. The average molecular weight is 229 g/mol. The van der Waals surface area contributed by atoms with Gasteiger partial charge in [-0.3, -0.25) is 0 Å². The monoisotopic (exact) mass is 229 g/mol. The van der Waals surface area contributed by atoms with E-state index in [1.165, 1.54) is 16.9 Å². The summed E-state index contributed by atoms with van der Waals surface area (Å²) in [6.45, 7) is 2.95. The Morgan fingerprint density at radius 2 is 2.06 bits per heavy atom. The Hall–Kier alpha value is -1.90. The fourth-order valence-electron chi connectivity index (χ4n) is 1.88. The van der Waals surface area contributed by atoms with Gasteiger partial charge in [-0.15, -0.1) is 0 Å². The smallest absolute Gasteiger partial charge is 0.0551 e. The summed E-state index contributed by atoms with van der Waals surface area (Å²) in [4.78, 5) is 5.32. The molecule has 0 fully saturated rings. The SMILES string of the molecule is Cc1ccc(NCc2ccc[nH]2)cc1N(C)C. The van der Waals surface area contributed by atoms with Gasteiger partial charge in [-0.05, 0) is 36.8 Å². The summed E-state index contributed by atoms with van der Waals surface area (Å²) in [5.74, 6) is 0. The first-order chi connectivity index (χ1) is 8.16. The van der Waals surface area contributed by atoms with Crippen LogP contribution in [0.25, 0.3) is 0 Å². The third-order valence-corrected chi connectivity index (χ3v) is 2.84. The molecule has 0 aliphatic rings. The van der Waals surface area contributed by atoms with Crippen LogP contribution in [0.4, 0.5) is 11.4 Å². The topological polar surface area (TPSA) is 31.1 Å². The molecule has 0 aliphatic carbocycles. The summed E-state index contributed by atoms with van der Waals surface area (Å²) in [6, 6.07) is 10.5. The van der Waals surface area contributed by atoms with Crippen molar-refractivity contribution in [2.75, 3.05) is 24.3 Å². The molecule has 0 unspecified atom stereocenters. The standard InChI is InChI=1S/C14H19N3/c1-11-6-7-12(9-14(11)17(2)3)16-10-13-5-4-8-15-13/h4-9,15-16H,10H2,1-3H3. The predicted octanol–water partition coefficient (Wildman–Crippen LogP) is 3.00. The highest BCUT2D eigenvalue weighted by Gasteiger charge is 2.02. The van der Waals surface area contributed by atoms with E-state index in [0.717, 1.165) is 12.2 Å². The van der Waals surface area contributed by atoms with Gasteiger partial charge in [0.05, 0.1) is 6.54 Å². The van der Waals surface area contributed by atoms with Gasteiger partial charge in [-0.1, -0.05) is 6.07 Å². The largest absolute Gasteiger partial charge is 0.379 e. The highest BCUT2D eigenvalue weighted by atomic mass is 15.1. The average Bonchev–Trinajstić information content (AvgIpc) is 2.80.